The van der Waals surface area contributed by atoms with E-state index >= 15 is 0 Å². The lowest BCUT2D eigenvalue weighted by atomic mass is 9.77. The van der Waals surface area contributed by atoms with Crippen LogP contribution in [-0.4, -0.2) is 10.7 Å². The Morgan fingerprint density at radius 1 is 1.40 bits per heavy atom. The zero-order valence-corrected chi connectivity index (χ0v) is 7.07. The molecule has 0 aromatic carbocycles. The molecule has 0 aromatic rings. The third kappa shape index (κ3) is 0.807. The molecule has 1 aliphatic rings. The number of rotatable bonds is 0. The van der Waals surface area contributed by atoms with Crippen molar-refractivity contribution in [2.75, 3.05) is 0 Å². The van der Waals surface area contributed by atoms with Crippen molar-refractivity contribution in [2.24, 2.45) is 5.41 Å². The molecule has 1 unspecified atom stereocenters. The highest BCUT2D eigenvalue weighted by Crippen LogP contribution is 2.48. The van der Waals surface area contributed by atoms with Gasteiger partial charge in [-0.25, -0.2) is 0 Å². The fraction of sp³-hybridized carbons (Fsp3) is 0.778. The monoisotopic (exact) mass is 140 g/mol. The maximum absolute atomic E-state index is 9.83. The molecule has 1 heteroatoms. The van der Waals surface area contributed by atoms with Gasteiger partial charge in [-0.2, -0.15) is 0 Å². The second-order valence-corrected chi connectivity index (χ2v) is 4.00. The van der Waals surface area contributed by atoms with Gasteiger partial charge in [0.15, 0.2) is 0 Å². The summed E-state index contributed by atoms with van der Waals surface area (Å²) in [5, 5.41) is 9.83. The molecule has 0 spiro atoms. The molecule has 1 nitrogen and oxygen atoms in total. The summed E-state index contributed by atoms with van der Waals surface area (Å²) in [6.45, 7) is 9.95. The summed E-state index contributed by atoms with van der Waals surface area (Å²) in [7, 11) is 0. The van der Waals surface area contributed by atoms with Crippen molar-refractivity contribution in [1.29, 1.82) is 0 Å². The minimum atomic E-state index is -0.538. The van der Waals surface area contributed by atoms with Gasteiger partial charge in [0.2, 0.25) is 0 Å². The quantitative estimate of drug-likeness (QED) is 0.511. The molecule has 0 aliphatic heterocycles. The largest absolute Gasteiger partial charge is 0.389 e. The summed E-state index contributed by atoms with van der Waals surface area (Å²) in [6.07, 6.45) is 1.83. The molecule has 0 radical (unpaired) electrons. The summed E-state index contributed by atoms with van der Waals surface area (Å²) < 4.78 is 0. The van der Waals surface area contributed by atoms with Gasteiger partial charge in [-0.1, -0.05) is 26.0 Å². The molecule has 58 valence electrons. The summed E-state index contributed by atoms with van der Waals surface area (Å²) in [5.74, 6) is 0. The third-order valence-corrected chi connectivity index (χ3v) is 3.14. The first-order chi connectivity index (χ1) is 4.38. The first-order valence-electron chi connectivity index (χ1n) is 3.78. The molecule has 0 bridgehead atoms. The Morgan fingerprint density at radius 2 is 1.90 bits per heavy atom. The SMILES string of the molecule is C=C1CCC(C)(O)C1(C)C. The topological polar surface area (TPSA) is 20.2 Å². The van der Waals surface area contributed by atoms with Crippen molar-refractivity contribution in [2.45, 2.75) is 39.2 Å². The van der Waals surface area contributed by atoms with Gasteiger partial charge in [0.25, 0.3) is 0 Å². The van der Waals surface area contributed by atoms with Crippen molar-refractivity contribution in [1.82, 2.24) is 0 Å². The fourth-order valence-electron chi connectivity index (χ4n) is 1.40. The molecule has 10 heavy (non-hydrogen) atoms. The average molecular weight is 140 g/mol. The van der Waals surface area contributed by atoms with Crippen molar-refractivity contribution >= 4 is 0 Å². The fourth-order valence-corrected chi connectivity index (χ4v) is 1.40. The molecule has 1 N–H and O–H groups in total. The van der Waals surface area contributed by atoms with E-state index in [1.165, 1.54) is 5.57 Å². The molecular formula is C9H16O. The first-order valence-corrected chi connectivity index (χ1v) is 3.78. The van der Waals surface area contributed by atoms with Crippen molar-refractivity contribution in [3.05, 3.63) is 12.2 Å². The van der Waals surface area contributed by atoms with E-state index in [-0.39, 0.29) is 5.41 Å². The van der Waals surface area contributed by atoms with Gasteiger partial charge in [-0.3, -0.25) is 0 Å². The Morgan fingerprint density at radius 3 is 2.00 bits per heavy atom. The van der Waals surface area contributed by atoms with Crippen LogP contribution in [-0.2, 0) is 0 Å². The molecule has 0 amide bonds. The van der Waals surface area contributed by atoms with Crippen molar-refractivity contribution in [3.63, 3.8) is 0 Å². The van der Waals surface area contributed by atoms with Gasteiger partial charge in [-0.05, 0) is 19.8 Å². The Kier molecular flexibility index (Phi) is 1.44. The maximum Gasteiger partial charge on any atom is 0.0710 e. The highest BCUT2D eigenvalue weighted by Gasteiger charge is 2.45. The van der Waals surface area contributed by atoms with E-state index < -0.39 is 5.60 Å². The minimum absolute atomic E-state index is 0.0903. The minimum Gasteiger partial charge on any atom is -0.389 e. The normalized spacial score (nSPS) is 38.6. The maximum atomic E-state index is 9.83. The molecule has 0 saturated heterocycles. The second-order valence-electron chi connectivity index (χ2n) is 4.00. The summed E-state index contributed by atoms with van der Waals surface area (Å²) in [5.41, 5.74) is 0.550. The lowest BCUT2D eigenvalue weighted by Gasteiger charge is -2.33. The molecule has 1 saturated carbocycles. The van der Waals surface area contributed by atoms with Gasteiger partial charge >= 0.3 is 0 Å². The van der Waals surface area contributed by atoms with Gasteiger partial charge in [0.1, 0.15) is 0 Å². The Balaban J connectivity index is 2.95. The highest BCUT2D eigenvalue weighted by atomic mass is 16.3. The predicted molar refractivity (Wildman–Crippen MR) is 42.8 cm³/mol. The van der Waals surface area contributed by atoms with Crippen LogP contribution in [0.25, 0.3) is 0 Å². The highest BCUT2D eigenvalue weighted by molar-refractivity contribution is 5.20. The van der Waals surface area contributed by atoms with Crippen LogP contribution < -0.4 is 0 Å². The summed E-state index contributed by atoms with van der Waals surface area (Å²) >= 11 is 0. The lowest BCUT2D eigenvalue weighted by molar-refractivity contribution is -0.0124. The van der Waals surface area contributed by atoms with Crippen LogP contribution in [0.5, 0.6) is 0 Å². The van der Waals surface area contributed by atoms with Crippen LogP contribution in [0.1, 0.15) is 33.6 Å². The van der Waals surface area contributed by atoms with E-state index in [4.69, 9.17) is 0 Å². The van der Waals surface area contributed by atoms with Gasteiger partial charge in [0.05, 0.1) is 5.60 Å². The van der Waals surface area contributed by atoms with Gasteiger partial charge < -0.3 is 5.11 Å². The van der Waals surface area contributed by atoms with Crippen molar-refractivity contribution < 1.29 is 5.11 Å². The summed E-state index contributed by atoms with van der Waals surface area (Å²) in [4.78, 5) is 0. The van der Waals surface area contributed by atoms with Gasteiger partial charge in [-0.15, -0.1) is 0 Å². The second kappa shape index (κ2) is 1.85. The van der Waals surface area contributed by atoms with E-state index in [1.54, 1.807) is 0 Å². The lowest BCUT2D eigenvalue weighted by Crippen LogP contribution is -2.36. The van der Waals surface area contributed by atoms with Crippen LogP contribution in [0.3, 0.4) is 0 Å². The van der Waals surface area contributed by atoms with Crippen molar-refractivity contribution in [3.8, 4) is 0 Å². The van der Waals surface area contributed by atoms with E-state index in [1.807, 2.05) is 6.92 Å². The number of aliphatic hydroxyl groups is 1. The predicted octanol–water partition coefficient (Wildman–Crippen LogP) is 2.11. The first kappa shape index (κ1) is 7.80. The molecule has 0 heterocycles. The summed E-state index contributed by atoms with van der Waals surface area (Å²) in [6, 6.07) is 0. The van der Waals surface area contributed by atoms with E-state index in [2.05, 4.69) is 20.4 Å². The van der Waals surface area contributed by atoms with Crippen LogP contribution in [0.15, 0.2) is 12.2 Å². The van der Waals surface area contributed by atoms with Crippen LogP contribution in [0.2, 0.25) is 0 Å². The van der Waals surface area contributed by atoms with E-state index in [0.717, 1.165) is 12.8 Å². The Hall–Kier alpha value is -0.300. The molecule has 1 aliphatic carbocycles. The molecular weight excluding hydrogens is 124 g/mol. The number of hydrogen-bond donors (Lipinski definition) is 1. The standard InChI is InChI=1S/C9H16O/c1-7-5-6-9(4,10)8(7,2)3/h10H,1,5-6H2,2-4H3. The molecule has 1 atom stereocenters. The van der Waals surface area contributed by atoms with Crippen LogP contribution in [0.4, 0.5) is 0 Å². The molecule has 1 fully saturated rings. The van der Waals surface area contributed by atoms with Gasteiger partial charge in [0, 0.05) is 5.41 Å². The van der Waals surface area contributed by atoms with Crippen LogP contribution >= 0.6 is 0 Å². The molecule has 1 rings (SSSR count). The zero-order valence-electron chi connectivity index (χ0n) is 7.07. The van der Waals surface area contributed by atoms with Crippen LogP contribution in [0, 0.1) is 5.41 Å². The third-order valence-electron chi connectivity index (χ3n) is 3.14. The van der Waals surface area contributed by atoms with E-state index in [0.29, 0.717) is 0 Å². The number of hydrogen-bond acceptors (Lipinski definition) is 1. The Bertz CT molecular complexity index is 166. The average Bonchev–Trinajstić information content (AvgIpc) is 1.94. The molecule has 0 aromatic heterocycles. The van der Waals surface area contributed by atoms with E-state index in [9.17, 15) is 5.11 Å². The zero-order chi connectivity index (χ0) is 7.99. The Labute approximate surface area is 62.8 Å². The smallest absolute Gasteiger partial charge is 0.0710 e.